The van der Waals surface area contributed by atoms with Crippen molar-refractivity contribution in [1.29, 1.82) is 5.26 Å². The zero-order chi connectivity index (χ0) is 8.65. The van der Waals surface area contributed by atoms with Crippen molar-refractivity contribution in [2.24, 2.45) is 0 Å². The van der Waals surface area contributed by atoms with Crippen LogP contribution in [0, 0.1) is 11.3 Å². The van der Waals surface area contributed by atoms with Gasteiger partial charge in [-0.2, -0.15) is 5.26 Å². The van der Waals surface area contributed by atoms with Crippen molar-refractivity contribution in [2.75, 3.05) is 0 Å². The quantitative estimate of drug-likeness (QED) is 0.528. The zero-order valence-corrected chi connectivity index (χ0v) is 7.06. The molecular weight excluding hydrogens is 138 g/mol. The molecule has 1 aliphatic heterocycles. The summed E-state index contributed by atoms with van der Waals surface area (Å²) in [5.41, 5.74) is 1.21. The van der Waals surface area contributed by atoms with Crippen molar-refractivity contribution >= 4 is 0 Å². The minimum atomic E-state index is -0.345. The third-order valence-electron chi connectivity index (χ3n) is 2.05. The standard InChI is InChI=1S/C9H11NO/c1-6-8(5-10)7(2)11-9(6,3)4/h2H2,1,3-4H3. The van der Waals surface area contributed by atoms with Crippen molar-refractivity contribution in [3.63, 3.8) is 0 Å². The van der Waals surface area contributed by atoms with E-state index in [0.29, 0.717) is 11.3 Å². The van der Waals surface area contributed by atoms with E-state index in [1.165, 1.54) is 0 Å². The number of hydrogen-bond acceptors (Lipinski definition) is 2. The third kappa shape index (κ3) is 1.03. The first-order valence-corrected chi connectivity index (χ1v) is 3.49. The molecule has 2 heteroatoms. The number of ether oxygens (including phenoxy) is 1. The molecule has 0 saturated carbocycles. The SMILES string of the molecule is C=C1OC(C)(C)C(C)=C1C#N. The van der Waals surface area contributed by atoms with Crippen LogP contribution < -0.4 is 0 Å². The molecule has 58 valence electrons. The van der Waals surface area contributed by atoms with Gasteiger partial charge in [0.05, 0.1) is 5.57 Å². The molecule has 2 nitrogen and oxygen atoms in total. The van der Waals surface area contributed by atoms with Gasteiger partial charge in [-0.3, -0.25) is 0 Å². The first-order chi connectivity index (χ1) is 4.99. The summed E-state index contributed by atoms with van der Waals surface area (Å²) in [4.78, 5) is 0. The summed E-state index contributed by atoms with van der Waals surface area (Å²) in [7, 11) is 0. The maximum atomic E-state index is 8.69. The van der Waals surface area contributed by atoms with Crippen molar-refractivity contribution < 1.29 is 4.74 Å². The van der Waals surface area contributed by atoms with Crippen molar-refractivity contribution in [2.45, 2.75) is 26.4 Å². The maximum absolute atomic E-state index is 8.69. The van der Waals surface area contributed by atoms with Gasteiger partial charge in [0.1, 0.15) is 17.4 Å². The first-order valence-electron chi connectivity index (χ1n) is 3.49. The van der Waals surface area contributed by atoms with Gasteiger partial charge in [0.15, 0.2) is 0 Å². The molecule has 0 atom stereocenters. The molecule has 0 aliphatic carbocycles. The maximum Gasteiger partial charge on any atom is 0.131 e. The Morgan fingerprint density at radius 3 is 2.27 bits per heavy atom. The highest BCUT2D eigenvalue weighted by molar-refractivity contribution is 5.47. The van der Waals surface area contributed by atoms with Gasteiger partial charge in [-0.25, -0.2) is 0 Å². The summed E-state index contributed by atoms with van der Waals surface area (Å²) in [5.74, 6) is 0.495. The van der Waals surface area contributed by atoms with E-state index in [4.69, 9.17) is 10.00 Å². The molecule has 0 N–H and O–H groups in total. The van der Waals surface area contributed by atoms with Crippen molar-refractivity contribution in [1.82, 2.24) is 0 Å². The molecule has 0 aromatic heterocycles. The van der Waals surface area contributed by atoms with Crippen LogP contribution in [0.1, 0.15) is 20.8 Å². The van der Waals surface area contributed by atoms with E-state index in [9.17, 15) is 0 Å². The highest BCUT2D eigenvalue weighted by Crippen LogP contribution is 2.36. The van der Waals surface area contributed by atoms with Gasteiger partial charge in [0, 0.05) is 0 Å². The van der Waals surface area contributed by atoms with E-state index < -0.39 is 0 Å². The molecule has 0 aromatic carbocycles. The number of nitriles is 1. The lowest BCUT2D eigenvalue weighted by atomic mass is 9.98. The van der Waals surface area contributed by atoms with Gasteiger partial charge < -0.3 is 4.74 Å². The largest absolute Gasteiger partial charge is 0.483 e. The monoisotopic (exact) mass is 149 g/mol. The molecule has 0 aromatic rings. The van der Waals surface area contributed by atoms with Gasteiger partial charge in [0.25, 0.3) is 0 Å². The summed E-state index contributed by atoms with van der Waals surface area (Å²) in [6.07, 6.45) is 0. The fourth-order valence-corrected chi connectivity index (χ4v) is 1.09. The lowest BCUT2D eigenvalue weighted by Crippen LogP contribution is -2.19. The Kier molecular flexibility index (Phi) is 1.52. The molecule has 0 saturated heterocycles. The van der Waals surface area contributed by atoms with Crippen LogP contribution in [-0.4, -0.2) is 5.60 Å². The van der Waals surface area contributed by atoms with Crippen molar-refractivity contribution in [3.05, 3.63) is 23.5 Å². The van der Waals surface area contributed by atoms with E-state index >= 15 is 0 Å². The lowest BCUT2D eigenvalue weighted by Gasteiger charge is -2.19. The van der Waals surface area contributed by atoms with E-state index in [1.54, 1.807) is 0 Å². The highest BCUT2D eigenvalue weighted by atomic mass is 16.5. The Bertz CT molecular complexity index is 278. The second kappa shape index (κ2) is 2.13. The second-order valence-electron chi connectivity index (χ2n) is 3.15. The zero-order valence-electron chi connectivity index (χ0n) is 7.06. The van der Waals surface area contributed by atoms with Crippen LogP contribution in [0.3, 0.4) is 0 Å². The van der Waals surface area contributed by atoms with Gasteiger partial charge in [-0.15, -0.1) is 0 Å². The van der Waals surface area contributed by atoms with Crippen LogP contribution in [0.4, 0.5) is 0 Å². The Morgan fingerprint density at radius 2 is 2.09 bits per heavy atom. The Balaban J connectivity index is 3.18. The predicted octanol–water partition coefficient (Wildman–Crippen LogP) is 2.15. The third-order valence-corrected chi connectivity index (χ3v) is 2.05. The molecule has 1 heterocycles. The van der Waals surface area contributed by atoms with Gasteiger partial charge in [0.2, 0.25) is 0 Å². The normalized spacial score (nSPS) is 21.5. The number of rotatable bonds is 0. The molecule has 0 spiro atoms. The van der Waals surface area contributed by atoms with Crippen LogP contribution in [-0.2, 0) is 4.74 Å². The van der Waals surface area contributed by atoms with Gasteiger partial charge in [-0.05, 0) is 26.3 Å². The molecular formula is C9H11NO. The second-order valence-corrected chi connectivity index (χ2v) is 3.15. The van der Waals surface area contributed by atoms with Crippen molar-refractivity contribution in [3.8, 4) is 6.07 Å². The van der Waals surface area contributed by atoms with E-state index in [0.717, 1.165) is 5.57 Å². The molecule has 0 amide bonds. The molecule has 11 heavy (non-hydrogen) atoms. The molecule has 0 radical (unpaired) electrons. The molecule has 0 unspecified atom stereocenters. The number of hydrogen-bond donors (Lipinski definition) is 0. The average molecular weight is 149 g/mol. The predicted molar refractivity (Wildman–Crippen MR) is 42.6 cm³/mol. The van der Waals surface area contributed by atoms with Crippen LogP contribution in [0.2, 0.25) is 0 Å². The van der Waals surface area contributed by atoms with Gasteiger partial charge >= 0.3 is 0 Å². The summed E-state index contributed by atoms with van der Waals surface area (Å²) < 4.78 is 5.37. The highest BCUT2D eigenvalue weighted by Gasteiger charge is 2.33. The van der Waals surface area contributed by atoms with Crippen LogP contribution >= 0.6 is 0 Å². The molecule has 0 bridgehead atoms. The number of allylic oxidation sites excluding steroid dienone is 1. The van der Waals surface area contributed by atoms with Crippen LogP contribution in [0.5, 0.6) is 0 Å². The Labute approximate surface area is 66.8 Å². The fourth-order valence-electron chi connectivity index (χ4n) is 1.09. The van der Waals surface area contributed by atoms with Gasteiger partial charge in [-0.1, -0.05) is 6.58 Å². The number of nitrogens with zero attached hydrogens (tertiary/aromatic N) is 1. The summed E-state index contributed by atoms with van der Waals surface area (Å²) in [6, 6.07) is 2.07. The van der Waals surface area contributed by atoms with E-state index in [1.807, 2.05) is 20.8 Å². The first kappa shape index (κ1) is 7.87. The Hall–Kier alpha value is -1.23. The fraction of sp³-hybridized carbons (Fsp3) is 0.444. The minimum Gasteiger partial charge on any atom is -0.483 e. The lowest BCUT2D eigenvalue weighted by molar-refractivity contribution is 0.0945. The Morgan fingerprint density at radius 1 is 1.55 bits per heavy atom. The molecule has 1 aliphatic rings. The molecule has 0 fully saturated rings. The van der Waals surface area contributed by atoms with Crippen LogP contribution in [0.15, 0.2) is 23.5 Å². The summed E-state index contributed by atoms with van der Waals surface area (Å²) >= 11 is 0. The van der Waals surface area contributed by atoms with E-state index in [2.05, 4.69) is 12.6 Å². The topological polar surface area (TPSA) is 33.0 Å². The van der Waals surface area contributed by atoms with E-state index in [-0.39, 0.29) is 5.60 Å². The smallest absolute Gasteiger partial charge is 0.131 e. The minimum absolute atomic E-state index is 0.345. The summed E-state index contributed by atoms with van der Waals surface area (Å²) in [5, 5.41) is 8.69. The average Bonchev–Trinajstić information content (AvgIpc) is 2.04. The summed E-state index contributed by atoms with van der Waals surface area (Å²) in [6.45, 7) is 9.41. The molecule has 1 rings (SSSR count). The van der Waals surface area contributed by atoms with Crippen LogP contribution in [0.25, 0.3) is 0 Å².